The lowest BCUT2D eigenvalue weighted by Crippen LogP contribution is -2.36. The van der Waals surface area contributed by atoms with Crippen molar-refractivity contribution in [3.05, 3.63) is 33.8 Å². The van der Waals surface area contributed by atoms with Gasteiger partial charge in [-0.3, -0.25) is 4.68 Å². The molecule has 0 bridgehead atoms. The number of hydrogen-bond acceptors (Lipinski definition) is 4. The molecule has 22 heavy (non-hydrogen) atoms. The van der Waals surface area contributed by atoms with Crippen molar-refractivity contribution in [2.24, 2.45) is 12.5 Å². The second kappa shape index (κ2) is 5.79. The topological polar surface area (TPSA) is 64.0 Å². The van der Waals surface area contributed by atoms with Gasteiger partial charge in [-0.15, -0.1) is 11.3 Å². The Labute approximate surface area is 136 Å². The van der Waals surface area contributed by atoms with Crippen molar-refractivity contribution in [2.45, 2.75) is 45.6 Å². The molecule has 0 aliphatic carbocycles. The van der Waals surface area contributed by atoms with E-state index in [0.29, 0.717) is 11.4 Å². The summed E-state index contributed by atoms with van der Waals surface area (Å²) in [5, 5.41) is 6.17. The molecule has 1 unspecified atom stereocenters. The van der Waals surface area contributed by atoms with Gasteiger partial charge < -0.3 is 0 Å². The maximum atomic E-state index is 12.9. The van der Waals surface area contributed by atoms with Crippen LogP contribution in [0.15, 0.2) is 22.4 Å². The average molecular weight is 342 g/mol. The van der Waals surface area contributed by atoms with Crippen molar-refractivity contribution in [3.63, 3.8) is 0 Å². The van der Waals surface area contributed by atoms with Crippen LogP contribution in [-0.2, 0) is 17.1 Å². The Kier molecular flexibility index (Phi) is 4.52. The van der Waals surface area contributed by atoms with Gasteiger partial charge in [0, 0.05) is 11.9 Å². The zero-order chi connectivity index (χ0) is 16.7. The molecule has 2 aromatic rings. The van der Waals surface area contributed by atoms with Crippen LogP contribution in [0.2, 0.25) is 0 Å². The minimum Gasteiger partial charge on any atom is -0.271 e. The van der Waals surface area contributed by atoms with Crippen LogP contribution in [0.4, 0.5) is 0 Å². The Morgan fingerprint density at radius 1 is 1.32 bits per heavy atom. The maximum absolute atomic E-state index is 12.9. The first-order valence-electron chi connectivity index (χ1n) is 7.10. The van der Waals surface area contributed by atoms with Gasteiger partial charge in [0.2, 0.25) is 10.0 Å². The van der Waals surface area contributed by atoms with Crippen LogP contribution in [0.25, 0.3) is 0 Å². The molecule has 1 atom stereocenters. The molecule has 122 valence electrons. The maximum Gasteiger partial charge on any atom is 0.244 e. The van der Waals surface area contributed by atoms with E-state index in [-0.39, 0.29) is 16.4 Å². The zero-order valence-corrected chi connectivity index (χ0v) is 15.5. The van der Waals surface area contributed by atoms with Gasteiger partial charge in [-0.05, 0) is 30.7 Å². The lowest BCUT2D eigenvalue weighted by atomic mass is 9.86. The SMILES string of the molecule is Cc1nn(C)c(C)c1S(=O)(=O)NC(c1cccs1)C(C)(C)C. The predicted molar refractivity (Wildman–Crippen MR) is 89.5 cm³/mol. The van der Waals surface area contributed by atoms with Crippen molar-refractivity contribution in [2.75, 3.05) is 0 Å². The first-order valence-corrected chi connectivity index (χ1v) is 9.46. The molecule has 0 aliphatic heterocycles. The van der Waals surface area contributed by atoms with Crippen molar-refractivity contribution < 1.29 is 8.42 Å². The van der Waals surface area contributed by atoms with E-state index in [2.05, 4.69) is 9.82 Å². The highest BCUT2D eigenvalue weighted by Crippen LogP contribution is 2.36. The molecule has 5 nitrogen and oxygen atoms in total. The summed E-state index contributed by atoms with van der Waals surface area (Å²) in [6, 6.07) is 3.62. The Morgan fingerprint density at radius 3 is 2.36 bits per heavy atom. The number of aromatic nitrogens is 2. The molecular formula is C15H23N3O2S2. The van der Waals surface area contributed by atoms with Crippen LogP contribution in [0.1, 0.15) is 43.1 Å². The molecule has 7 heteroatoms. The third-order valence-electron chi connectivity index (χ3n) is 3.68. The molecule has 1 N–H and O–H groups in total. The second-order valence-electron chi connectivity index (χ2n) is 6.56. The van der Waals surface area contributed by atoms with E-state index < -0.39 is 10.0 Å². The summed E-state index contributed by atoms with van der Waals surface area (Å²) < 4.78 is 30.2. The Bertz CT molecular complexity index is 754. The number of hydrogen-bond donors (Lipinski definition) is 1. The second-order valence-corrected chi connectivity index (χ2v) is 9.19. The number of nitrogens with one attached hydrogen (secondary N) is 1. The number of rotatable bonds is 4. The van der Waals surface area contributed by atoms with Gasteiger partial charge in [0.25, 0.3) is 0 Å². The number of sulfonamides is 1. The van der Waals surface area contributed by atoms with E-state index >= 15 is 0 Å². The number of nitrogens with zero attached hydrogens (tertiary/aromatic N) is 2. The van der Waals surface area contributed by atoms with Gasteiger partial charge in [-0.1, -0.05) is 26.8 Å². The Balaban J connectivity index is 2.46. The molecule has 2 heterocycles. The van der Waals surface area contributed by atoms with Crippen LogP contribution in [0.3, 0.4) is 0 Å². The molecule has 2 rings (SSSR count). The fraction of sp³-hybridized carbons (Fsp3) is 0.533. The van der Waals surface area contributed by atoms with Gasteiger partial charge in [-0.2, -0.15) is 5.10 Å². The summed E-state index contributed by atoms with van der Waals surface area (Å²) >= 11 is 1.56. The molecule has 0 aromatic carbocycles. The van der Waals surface area contributed by atoms with Crippen LogP contribution in [0, 0.1) is 19.3 Å². The third kappa shape index (κ3) is 3.26. The van der Waals surface area contributed by atoms with Crippen molar-refractivity contribution in [3.8, 4) is 0 Å². The Hall–Kier alpha value is -1.18. The highest BCUT2D eigenvalue weighted by atomic mass is 32.2. The van der Waals surface area contributed by atoms with E-state index in [1.165, 1.54) is 0 Å². The summed E-state index contributed by atoms with van der Waals surface area (Å²) in [6.45, 7) is 9.58. The molecule has 0 saturated heterocycles. The van der Waals surface area contributed by atoms with Crippen molar-refractivity contribution in [1.82, 2.24) is 14.5 Å². The predicted octanol–water partition coefficient (Wildman–Crippen LogP) is 3.16. The normalized spacial score (nSPS) is 14.3. The monoisotopic (exact) mass is 341 g/mol. The standard InChI is InChI=1S/C15H23N3O2S2/c1-10-13(11(2)18(6)16-10)22(19,20)17-14(15(3,4)5)12-8-7-9-21-12/h7-9,14,17H,1-6H3. The van der Waals surface area contributed by atoms with Crippen LogP contribution in [0.5, 0.6) is 0 Å². The Morgan fingerprint density at radius 2 is 1.95 bits per heavy atom. The van der Waals surface area contributed by atoms with E-state index in [9.17, 15) is 8.42 Å². The molecule has 0 fully saturated rings. The van der Waals surface area contributed by atoms with Crippen LogP contribution < -0.4 is 4.72 Å². The summed E-state index contributed by atoms with van der Waals surface area (Å²) in [6.07, 6.45) is 0. The summed E-state index contributed by atoms with van der Waals surface area (Å²) in [7, 11) is -1.88. The molecule has 0 amide bonds. The van der Waals surface area contributed by atoms with Crippen LogP contribution in [-0.4, -0.2) is 18.2 Å². The minimum atomic E-state index is -3.64. The fourth-order valence-electron chi connectivity index (χ4n) is 2.47. The van der Waals surface area contributed by atoms with Crippen LogP contribution >= 0.6 is 11.3 Å². The minimum absolute atomic E-state index is 0.234. The molecule has 0 spiro atoms. The molecule has 0 saturated carbocycles. The van der Waals surface area contributed by atoms with Gasteiger partial charge >= 0.3 is 0 Å². The van der Waals surface area contributed by atoms with E-state index in [1.54, 1.807) is 36.9 Å². The fourth-order valence-corrected chi connectivity index (χ4v) is 5.43. The average Bonchev–Trinajstić information content (AvgIpc) is 2.95. The molecule has 0 radical (unpaired) electrons. The lowest BCUT2D eigenvalue weighted by molar-refractivity contribution is 0.308. The van der Waals surface area contributed by atoms with E-state index in [4.69, 9.17) is 0 Å². The van der Waals surface area contributed by atoms with Crippen molar-refractivity contribution >= 4 is 21.4 Å². The van der Waals surface area contributed by atoms with E-state index in [0.717, 1.165) is 4.88 Å². The summed E-state index contributed by atoms with van der Waals surface area (Å²) in [5.74, 6) is 0. The summed E-state index contributed by atoms with van der Waals surface area (Å²) in [5.41, 5.74) is 0.928. The number of thiophene rings is 1. The lowest BCUT2D eigenvalue weighted by Gasteiger charge is -2.30. The highest BCUT2D eigenvalue weighted by molar-refractivity contribution is 7.89. The molecular weight excluding hydrogens is 318 g/mol. The molecule has 0 aliphatic rings. The summed E-state index contributed by atoms with van der Waals surface area (Å²) in [4.78, 5) is 1.29. The first kappa shape index (κ1) is 17.2. The largest absolute Gasteiger partial charge is 0.271 e. The van der Waals surface area contributed by atoms with Gasteiger partial charge in [0.15, 0.2) is 0 Å². The zero-order valence-electron chi connectivity index (χ0n) is 13.8. The smallest absolute Gasteiger partial charge is 0.244 e. The quantitative estimate of drug-likeness (QED) is 0.929. The molecule has 2 aromatic heterocycles. The van der Waals surface area contributed by atoms with E-state index in [1.807, 2.05) is 38.3 Å². The van der Waals surface area contributed by atoms with Crippen molar-refractivity contribution in [1.29, 1.82) is 0 Å². The first-order chi connectivity index (χ1) is 10.0. The van der Waals surface area contributed by atoms with Gasteiger partial charge in [-0.25, -0.2) is 13.1 Å². The third-order valence-corrected chi connectivity index (χ3v) is 6.29. The van der Waals surface area contributed by atoms with Gasteiger partial charge in [0.05, 0.1) is 17.4 Å². The van der Waals surface area contributed by atoms with Gasteiger partial charge in [0.1, 0.15) is 4.90 Å². The number of aryl methyl sites for hydroxylation is 2. The highest BCUT2D eigenvalue weighted by Gasteiger charge is 2.34.